The molecule has 0 atom stereocenters. The summed E-state index contributed by atoms with van der Waals surface area (Å²) in [6.45, 7) is 0.0681. The Hall–Kier alpha value is -1.64. The molecular weight excluding hydrogens is 297 g/mol. The van der Waals surface area contributed by atoms with Crippen LogP contribution in [0.4, 0.5) is 13.2 Å². The fourth-order valence-corrected chi connectivity index (χ4v) is 2.48. The summed E-state index contributed by atoms with van der Waals surface area (Å²) in [5, 5.41) is 12.5. The number of nitrogens with one attached hydrogen (secondary N) is 1. The smallest absolute Gasteiger partial charge is 0.434 e. The number of carbonyl (C=O) groups excluding carboxylic acids is 1. The van der Waals surface area contributed by atoms with E-state index < -0.39 is 29.2 Å². The first-order valence-electron chi connectivity index (χ1n) is 5.79. The summed E-state index contributed by atoms with van der Waals surface area (Å²) in [4.78, 5) is 25.9. The average molecular weight is 308 g/mol. The summed E-state index contributed by atoms with van der Waals surface area (Å²) >= 11 is 0.859. The molecule has 5 nitrogen and oxygen atoms in total. The molecule has 0 bridgehead atoms. The maximum absolute atomic E-state index is 12.3. The predicted octanol–water partition coefficient (Wildman–Crippen LogP) is 1.69. The number of rotatable bonds is 5. The zero-order valence-electron chi connectivity index (χ0n) is 10.2. The van der Waals surface area contributed by atoms with E-state index in [1.165, 1.54) is 0 Å². The molecule has 20 heavy (non-hydrogen) atoms. The van der Waals surface area contributed by atoms with Crippen molar-refractivity contribution in [3.63, 3.8) is 0 Å². The van der Waals surface area contributed by atoms with Gasteiger partial charge < -0.3 is 10.4 Å². The molecule has 0 aromatic carbocycles. The lowest BCUT2D eigenvalue weighted by Crippen LogP contribution is -2.37. The molecule has 1 heterocycles. The van der Waals surface area contributed by atoms with Crippen molar-refractivity contribution in [3.8, 4) is 0 Å². The van der Waals surface area contributed by atoms with Crippen LogP contribution < -0.4 is 5.32 Å². The number of aromatic nitrogens is 1. The molecule has 2 rings (SSSR count). The maximum atomic E-state index is 12.3. The van der Waals surface area contributed by atoms with Crippen molar-refractivity contribution in [2.45, 2.75) is 25.4 Å². The molecule has 0 aliphatic heterocycles. The molecule has 1 saturated carbocycles. The van der Waals surface area contributed by atoms with E-state index in [1.807, 2.05) is 0 Å². The van der Waals surface area contributed by atoms with Gasteiger partial charge in [-0.25, -0.2) is 4.98 Å². The first-order valence-corrected chi connectivity index (χ1v) is 6.67. The van der Waals surface area contributed by atoms with Gasteiger partial charge in [0.25, 0.3) is 0 Å². The third kappa shape index (κ3) is 2.92. The minimum Gasteiger partial charge on any atom is -0.480 e. The third-order valence-electron chi connectivity index (χ3n) is 3.06. The van der Waals surface area contributed by atoms with Gasteiger partial charge in [0.2, 0.25) is 5.91 Å². The molecule has 0 unspecified atom stereocenters. The van der Waals surface area contributed by atoms with E-state index in [1.54, 1.807) is 0 Å². The fraction of sp³-hybridized carbons (Fsp3) is 0.545. The van der Waals surface area contributed by atoms with Crippen molar-refractivity contribution < 1.29 is 27.9 Å². The number of nitrogens with zero attached hydrogens (tertiary/aromatic N) is 1. The molecule has 1 aliphatic carbocycles. The Morgan fingerprint density at radius 3 is 2.55 bits per heavy atom. The van der Waals surface area contributed by atoms with E-state index in [2.05, 4.69) is 10.3 Å². The number of alkyl halides is 3. The second kappa shape index (κ2) is 5.04. The Bertz CT molecular complexity index is 537. The van der Waals surface area contributed by atoms with Gasteiger partial charge in [0.05, 0.1) is 5.01 Å². The van der Waals surface area contributed by atoms with Crippen LogP contribution in [0.5, 0.6) is 0 Å². The van der Waals surface area contributed by atoms with Gasteiger partial charge >= 0.3 is 12.1 Å². The molecule has 0 spiro atoms. The number of carbonyl (C=O) groups is 2. The minimum atomic E-state index is -4.47. The maximum Gasteiger partial charge on any atom is 0.434 e. The van der Waals surface area contributed by atoms with Gasteiger partial charge in [-0.2, -0.15) is 13.2 Å². The lowest BCUT2D eigenvalue weighted by Gasteiger charge is -2.09. The van der Waals surface area contributed by atoms with Crippen molar-refractivity contribution in [2.75, 3.05) is 6.54 Å². The van der Waals surface area contributed by atoms with E-state index in [9.17, 15) is 22.8 Å². The van der Waals surface area contributed by atoms with E-state index >= 15 is 0 Å². The van der Waals surface area contributed by atoms with Crippen LogP contribution in [0.15, 0.2) is 5.38 Å². The van der Waals surface area contributed by atoms with Crippen molar-refractivity contribution in [1.29, 1.82) is 0 Å². The number of aliphatic carboxylic acids is 1. The fourth-order valence-electron chi connectivity index (χ4n) is 1.67. The first-order chi connectivity index (χ1) is 9.25. The lowest BCUT2D eigenvalue weighted by molar-refractivity contribution is -0.149. The number of hydrogen-bond acceptors (Lipinski definition) is 4. The van der Waals surface area contributed by atoms with Crippen LogP contribution >= 0.6 is 11.3 Å². The summed E-state index contributed by atoms with van der Waals surface area (Å²) in [7, 11) is 0. The van der Waals surface area contributed by atoms with Gasteiger partial charge in [-0.3, -0.25) is 9.59 Å². The molecule has 1 aromatic heterocycles. The molecular formula is C11H11F3N2O3S. The Kier molecular flexibility index (Phi) is 3.72. The number of thiazole rings is 1. The summed E-state index contributed by atoms with van der Waals surface area (Å²) in [5.74, 6) is -1.75. The Morgan fingerprint density at radius 1 is 1.45 bits per heavy atom. The highest BCUT2D eigenvalue weighted by atomic mass is 32.1. The summed E-state index contributed by atoms with van der Waals surface area (Å²) in [6.07, 6.45) is -3.74. The zero-order chi connectivity index (χ0) is 15.0. The second-order valence-electron chi connectivity index (χ2n) is 4.52. The van der Waals surface area contributed by atoms with Crippen LogP contribution in [0.1, 0.15) is 23.5 Å². The lowest BCUT2D eigenvalue weighted by atomic mass is 10.1. The first kappa shape index (κ1) is 14.8. The largest absolute Gasteiger partial charge is 0.480 e. The van der Waals surface area contributed by atoms with Crippen molar-refractivity contribution in [3.05, 3.63) is 16.1 Å². The molecule has 1 amide bonds. The highest BCUT2D eigenvalue weighted by Gasteiger charge is 2.56. The van der Waals surface area contributed by atoms with Gasteiger partial charge in [0.1, 0.15) is 5.41 Å². The van der Waals surface area contributed by atoms with E-state index in [0.717, 1.165) is 16.7 Å². The van der Waals surface area contributed by atoms with E-state index in [0.29, 0.717) is 12.8 Å². The zero-order valence-corrected chi connectivity index (χ0v) is 11.0. The van der Waals surface area contributed by atoms with Crippen LogP contribution in [0.2, 0.25) is 0 Å². The average Bonchev–Trinajstić information content (AvgIpc) is 3.02. The normalized spacial score (nSPS) is 16.8. The Labute approximate surface area is 115 Å². The van der Waals surface area contributed by atoms with E-state index in [-0.39, 0.29) is 18.0 Å². The number of carboxylic acids is 1. The van der Waals surface area contributed by atoms with Gasteiger partial charge in [-0.15, -0.1) is 11.3 Å². The second-order valence-corrected chi connectivity index (χ2v) is 5.46. The minimum absolute atomic E-state index is 0.0681. The molecule has 1 fully saturated rings. The number of carboxylic acid groups (broad SMARTS) is 1. The van der Waals surface area contributed by atoms with Crippen LogP contribution in [-0.2, 0) is 22.2 Å². The SMILES string of the molecule is O=C(O)C1(C(=O)NCCc2nc(C(F)(F)F)cs2)CC1. The van der Waals surface area contributed by atoms with Crippen molar-refractivity contribution >= 4 is 23.2 Å². The molecule has 1 aromatic rings. The number of hydrogen-bond donors (Lipinski definition) is 2. The molecule has 9 heteroatoms. The quantitative estimate of drug-likeness (QED) is 0.811. The standard InChI is InChI=1S/C11H11F3N2O3S/c12-11(13,14)6-5-20-7(16-6)1-4-15-8(17)10(2-3-10)9(18)19/h5H,1-4H2,(H,15,17)(H,18,19). The van der Waals surface area contributed by atoms with Gasteiger partial charge in [-0.05, 0) is 12.8 Å². The summed E-state index contributed by atoms with van der Waals surface area (Å²) in [5.41, 5.74) is -2.28. The molecule has 0 saturated heterocycles. The molecule has 110 valence electrons. The third-order valence-corrected chi connectivity index (χ3v) is 3.97. The van der Waals surface area contributed by atoms with Crippen LogP contribution in [-0.4, -0.2) is 28.5 Å². The monoisotopic (exact) mass is 308 g/mol. The highest BCUT2D eigenvalue weighted by Crippen LogP contribution is 2.46. The highest BCUT2D eigenvalue weighted by molar-refractivity contribution is 7.09. The van der Waals surface area contributed by atoms with Crippen LogP contribution in [0.25, 0.3) is 0 Å². The Balaban J connectivity index is 1.83. The summed E-state index contributed by atoms with van der Waals surface area (Å²) in [6, 6.07) is 0. The van der Waals surface area contributed by atoms with E-state index in [4.69, 9.17) is 5.11 Å². The van der Waals surface area contributed by atoms with Crippen molar-refractivity contribution in [1.82, 2.24) is 10.3 Å². The van der Waals surface area contributed by atoms with Gasteiger partial charge in [0.15, 0.2) is 5.69 Å². The number of halogens is 3. The van der Waals surface area contributed by atoms with Gasteiger partial charge in [-0.1, -0.05) is 0 Å². The summed E-state index contributed by atoms with van der Waals surface area (Å²) < 4.78 is 36.9. The van der Waals surface area contributed by atoms with Crippen molar-refractivity contribution in [2.24, 2.45) is 5.41 Å². The van der Waals surface area contributed by atoms with Gasteiger partial charge in [0, 0.05) is 18.3 Å². The van der Waals surface area contributed by atoms with Crippen LogP contribution in [0.3, 0.4) is 0 Å². The predicted molar refractivity (Wildman–Crippen MR) is 63.1 cm³/mol. The molecule has 1 aliphatic rings. The number of amides is 1. The molecule has 0 radical (unpaired) electrons. The topological polar surface area (TPSA) is 79.3 Å². The molecule has 2 N–H and O–H groups in total. The Morgan fingerprint density at radius 2 is 2.10 bits per heavy atom. The van der Waals surface area contributed by atoms with Crippen LogP contribution in [0, 0.1) is 5.41 Å².